The van der Waals surface area contributed by atoms with Gasteiger partial charge >= 0.3 is 5.97 Å². The zero-order valence-corrected chi connectivity index (χ0v) is 17.7. The third-order valence-electron chi connectivity index (χ3n) is 4.44. The summed E-state index contributed by atoms with van der Waals surface area (Å²) in [6.45, 7) is 3.93. The lowest BCUT2D eigenvalue weighted by Gasteiger charge is -2.11. The average molecular weight is 424 g/mol. The molecule has 0 aromatic heterocycles. The van der Waals surface area contributed by atoms with Crippen LogP contribution in [-0.4, -0.2) is 25.6 Å². The van der Waals surface area contributed by atoms with Crippen LogP contribution in [0.3, 0.4) is 0 Å². The maximum absolute atomic E-state index is 12.3. The van der Waals surface area contributed by atoms with Gasteiger partial charge in [0.15, 0.2) is 6.61 Å². The number of benzene rings is 3. The number of aryl methyl sites for hydroxylation is 2. The Morgan fingerprint density at radius 2 is 1.57 bits per heavy atom. The van der Waals surface area contributed by atoms with Crippen molar-refractivity contribution in [1.82, 2.24) is 0 Å². The Labute approximate surface area is 180 Å². The quantitative estimate of drug-likeness (QED) is 0.537. The van der Waals surface area contributed by atoms with Crippen LogP contribution >= 0.6 is 11.6 Å². The van der Waals surface area contributed by atoms with Crippen LogP contribution < -0.4 is 10.1 Å². The number of methoxy groups -OCH3 is 1. The van der Waals surface area contributed by atoms with E-state index in [0.717, 1.165) is 11.1 Å². The fraction of sp³-hybridized carbons (Fsp3) is 0.167. The third kappa shape index (κ3) is 5.39. The Bertz CT molecular complexity index is 1060. The van der Waals surface area contributed by atoms with Crippen molar-refractivity contribution in [2.24, 2.45) is 0 Å². The van der Waals surface area contributed by atoms with Crippen molar-refractivity contribution in [2.75, 3.05) is 19.0 Å². The van der Waals surface area contributed by atoms with Crippen molar-refractivity contribution in [3.05, 3.63) is 82.4 Å². The normalized spacial score (nSPS) is 10.4. The van der Waals surface area contributed by atoms with Crippen molar-refractivity contribution in [1.29, 1.82) is 0 Å². The molecule has 154 valence electrons. The van der Waals surface area contributed by atoms with Gasteiger partial charge in [0.25, 0.3) is 5.91 Å². The molecule has 0 fully saturated rings. The van der Waals surface area contributed by atoms with Crippen LogP contribution in [0.2, 0.25) is 5.02 Å². The van der Waals surface area contributed by atoms with Gasteiger partial charge in [0.05, 0.1) is 18.4 Å². The number of halogens is 1. The molecule has 0 bridgehead atoms. The first kappa shape index (κ1) is 21.4. The molecule has 0 aliphatic heterocycles. The van der Waals surface area contributed by atoms with Gasteiger partial charge in [-0.05, 0) is 55.3 Å². The van der Waals surface area contributed by atoms with E-state index in [1.54, 1.807) is 12.1 Å². The highest BCUT2D eigenvalue weighted by atomic mass is 35.5. The molecule has 3 aromatic rings. The zero-order valence-electron chi connectivity index (χ0n) is 17.0. The smallest absolute Gasteiger partial charge is 0.340 e. The van der Waals surface area contributed by atoms with Gasteiger partial charge in [-0.2, -0.15) is 0 Å². The number of amides is 1. The predicted molar refractivity (Wildman–Crippen MR) is 118 cm³/mol. The highest BCUT2D eigenvalue weighted by Crippen LogP contribution is 2.25. The lowest BCUT2D eigenvalue weighted by molar-refractivity contribution is -0.118. The van der Waals surface area contributed by atoms with E-state index in [9.17, 15) is 9.59 Å². The molecule has 0 atom stereocenters. The van der Waals surface area contributed by atoms with Gasteiger partial charge in [-0.15, -0.1) is 0 Å². The van der Waals surface area contributed by atoms with Gasteiger partial charge in [-0.25, -0.2) is 4.79 Å². The van der Waals surface area contributed by atoms with Crippen molar-refractivity contribution in [3.8, 4) is 16.9 Å². The second kappa shape index (κ2) is 9.46. The first-order valence-electron chi connectivity index (χ1n) is 9.35. The van der Waals surface area contributed by atoms with E-state index in [0.29, 0.717) is 16.5 Å². The number of hydrogen-bond donors (Lipinski definition) is 1. The van der Waals surface area contributed by atoms with Gasteiger partial charge in [-0.1, -0.05) is 53.1 Å². The van der Waals surface area contributed by atoms with Crippen LogP contribution in [-0.2, 0) is 9.53 Å². The number of carbonyl (C=O) groups is 2. The summed E-state index contributed by atoms with van der Waals surface area (Å²) < 4.78 is 10.3. The summed E-state index contributed by atoms with van der Waals surface area (Å²) in [6, 6.07) is 18.5. The molecular formula is C24H22ClNO4. The highest BCUT2D eigenvalue weighted by Gasteiger charge is 2.15. The van der Waals surface area contributed by atoms with E-state index in [2.05, 4.69) is 37.4 Å². The second-order valence-corrected chi connectivity index (χ2v) is 7.36. The molecule has 5 nitrogen and oxygen atoms in total. The number of ether oxygens (including phenoxy) is 2. The molecule has 3 aromatic carbocycles. The molecule has 0 radical (unpaired) electrons. The summed E-state index contributed by atoms with van der Waals surface area (Å²) in [5, 5.41) is 3.02. The highest BCUT2D eigenvalue weighted by molar-refractivity contribution is 6.31. The Morgan fingerprint density at radius 1 is 0.900 bits per heavy atom. The molecule has 0 heterocycles. The number of nitrogens with one attached hydrogen (secondary N) is 1. The van der Waals surface area contributed by atoms with Crippen LogP contribution in [0.1, 0.15) is 21.5 Å². The van der Waals surface area contributed by atoms with Gasteiger partial charge in [-0.3, -0.25) is 4.79 Å². The second-order valence-electron chi connectivity index (χ2n) is 6.92. The summed E-state index contributed by atoms with van der Waals surface area (Å²) in [4.78, 5) is 24.2. The lowest BCUT2D eigenvalue weighted by Crippen LogP contribution is -2.21. The minimum atomic E-state index is -0.587. The average Bonchev–Trinajstić information content (AvgIpc) is 2.72. The summed E-state index contributed by atoms with van der Waals surface area (Å²) in [5.74, 6) is -0.417. The molecule has 0 aliphatic rings. The minimum Gasteiger partial charge on any atom is -0.484 e. The number of esters is 1. The van der Waals surface area contributed by atoms with Crippen LogP contribution in [0.15, 0.2) is 60.7 Å². The SMILES string of the molecule is COC(=O)c1cc(Cl)ccc1NC(=O)COc1ccc(-c2cc(C)cc(C)c2)cc1. The van der Waals surface area contributed by atoms with E-state index in [-0.39, 0.29) is 12.2 Å². The Kier molecular flexibility index (Phi) is 6.75. The van der Waals surface area contributed by atoms with E-state index >= 15 is 0 Å². The van der Waals surface area contributed by atoms with Gasteiger partial charge < -0.3 is 14.8 Å². The van der Waals surface area contributed by atoms with Crippen LogP contribution in [0, 0.1) is 13.8 Å². The molecule has 1 N–H and O–H groups in total. The molecule has 30 heavy (non-hydrogen) atoms. The number of rotatable bonds is 6. The van der Waals surface area contributed by atoms with E-state index in [4.69, 9.17) is 21.1 Å². The predicted octanol–water partition coefficient (Wildman–Crippen LogP) is 5.43. The molecule has 3 rings (SSSR count). The van der Waals surface area contributed by atoms with Gasteiger partial charge in [0.2, 0.25) is 0 Å². The molecule has 0 saturated carbocycles. The fourth-order valence-electron chi connectivity index (χ4n) is 3.12. The van der Waals surface area contributed by atoms with Crippen molar-refractivity contribution in [2.45, 2.75) is 13.8 Å². The minimum absolute atomic E-state index is 0.177. The molecule has 0 spiro atoms. The standard InChI is InChI=1S/C24H22ClNO4/c1-15-10-16(2)12-18(11-15)17-4-7-20(8-5-17)30-14-23(27)26-22-9-6-19(25)13-21(22)24(28)29-3/h4-13H,14H2,1-3H3,(H,26,27). The molecule has 0 aliphatic carbocycles. The molecule has 6 heteroatoms. The summed E-state index contributed by atoms with van der Waals surface area (Å²) in [5.41, 5.74) is 5.10. The summed E-state index contributed by atoms with van der Waals surface area (Å²) >= 11 is 5.92. The zero-order chi connectivity index (χ0) is 21.7. The lowest BCUT2D eigenvalue weighted by atomic mass is 10.0. The molecule has 1 amide bonds. The summed E-state index contributed by atoms with van der Waals surface area (Å²) in [7, 11) is 1.26. The third-order valence-corrected chi connectivity index (χ3v) is 4.68. The molecule has 0 saturated heterocycles. The van der Waals surface area contributed by atoms with Crippen LogP contribution in [0.25, 0.3) is 11.1 Å². The van der Waals surface area contributed by atoms with E-state index in [1.165, 1.54) is 24.3 Å². The van der Waals surface area contributed by atoms with Gasteiger partial charge in [0, 0.05) is 5.02 Å². The van der Waals surface area contributed by atoms with Gasteiger partial charge in [0.1, 0.15) is 5.75 Å². The monoisotopic (exact) mass is 423 g/mol. The van der Waals surface area contributed by atoms with Crippen LogP contribution in [0.5, 0.6) is 5.75 Å². The van der Waals surface area contributed by atoms with Crippen molar-refractivity contribution >= 4 is 29.2 Å². The van der Waals surface area contributed by atoms with Crippen LogP contribution in [0.4, 0.5) is 5.69 Å². The van der Waals surface area contributed by atoms with E-state index in [1.807, 2.05) is 24.3 Å². The first-order valence-corrected chi connectivity index (χ1v) is 9.73. The Balaban J connectivity index is 1.63. The van der Waals surface area contributed by atoms with Crippen molar-refractivity contribution < 1.29 is 19.1 Å². The summed E-state index contributed by atoms with van der Waals surface area (Å²) in [6.07, 6.45) is 0. The Morgan fingerprint density at radius 3 is 2.20 bits per heavy atom. The number of hydrogen-bond acceptors (Lipinski definition) is 4. The topological polar surface area (TPSA) is 64.6 Å². The van der Waals surface area contributed by atoms with Crippen molar-refractivity contribution in [3.63, 3.8) is 0 Å². The van der Waals surface area contributed by atoms with E-state index < -0.39 is 11.9 Å². The maximum atomic E-state index is 12.3. The first-order chi connectivity index (χ1) is 14.4. The fourth-order valence-corrected chi connectivity index (χ4v) is 3.30. The largest absolute Gasteiger partial charge is 0.484 e. The number of carbonyl (C=O) groups excluding carboxylic acids is 2. The Hall–Kier alpha value is -3.31. The number of anilines is 1. The molecular weight excluding hydrogens is 402 g/mol. The molecule has 0 unspecified atom stereocenters. The maximum Gasteiger partial charge on any atom is 0.340 e.